The summed E-state index contributed by atoms with van der Waals surface area (Å²) in [5.41, 5.74) is -0.453. The van der Waals surface area contributed by atoms with Gasteiger partial charge in [-0.1, -0.05) is 46.3 Å². The number of fused-ring (bicyclic) bond motifs is 5. The van der Waals surface area contributed by atoms with Crippen LogP contribution in [0.3, 0.4) is 0 Å². The molecular weight excluding hydrogens is 508 g/mol. The van der Waals surface area contributed by atoms with Gasteiger partial charge in [0.25, 0.3) is 0 Å². The summed E-state index contributed by atoms with van der Waals surface area (Å²) in [5.74, 6) is 0.748. The fraction of sp³-hybridized carbons (Fsp3) is 0.909. The average molecular weight is 563 g/mol. The molecule has 2 unspecified atom stereocenters. The van der Waals surface area contributed by atoms with Gasteiger partial charge < -0.3 is 29.5 Å². The average Bonchev–Trinajstić information content (AvgIpc) is 3.43. The maximum absolute atomic E-state index is 12.1. The number of ether oxygens (including phenoxy) is 3. The summed E-state index contributed by atoms with van der Waals surface area (Å²) in [6.07, 6.45) is 6.11. The first-order valence-electron chi connectivity index (χ1n) is 15.6. The van der Waals surface area contributed by atoms with E-state index in [2.05, 4.69) is 40.7 Å². The Morgan fingerprint density at radius 1 is 1.10 bits per heavy atom. The maximum Gasteiger partial charge on any atom is 0.302 e. The second-order valence-corrected chi connectivity index (χ2v) is 15.8. The van der Waals surface area contributed by atoms with E-state index in [0.29, 0.717) is 18.8 Å². The monoisotopic (exact) mass is 562 g/mol. The molecule has 0 radical (unpaired) electrons. The van der Waals surface area contributed by atoms with Crippen molar-refractivity contribution in [1.29, 1.82) is 0 Å². The van der Waals surface area contributed by atoms with E-state index >= 15 is 0 Å². The number of methoxy groups -OCH3 is 1. The van der Waals surface area contributed by atoms with Crippen molar-refractivity contribution in [3.63, 3.8) is 0 Å². The van der Waals surface area contributed by atoms with Crippen molar-refractivity contribution in [2.75, 3.05) is 7.11 Å². The van der Waals surface area contributed by atoms with Gasteiger partial charge in [0.05, 0.1) is 17.8 Å². The Labute approximate surface area is 241 Å². The van der Waals surface area contributed by atoms with Gasteiger partial charge in [0, 0.05) is 30.8 Å². The number of aliphatic hydroxyl groups is 3. The van der Waals surface area contributed by atoms with Gasteiger partial charge in [0.1, 0.15) is 12.2 Å². The molecule has 1 saturated heterocycles. The van der Waals surface area contributed by atoms with Crippen molar-refractivity contribution < 1.29 is 34.3 Å². The van der Waals surface area contributed by atoms with Gasteiger partial charge in [-0.15, -0.1) is 0 Å². The Balaban J connectivity index is 1.44. The highest BCUT2D eigenvalue weighted by Crippen LogP contribution is 2.73. The molecule has 4 fully saturated rings. The Morgan fingerprint density at radius 2 is 1.77 bits per heavy atom. The van der Waals surface area contributed by atoms with Crippen LogP contribution >= 0.6 is 0 Å². The number of hydrogen-bond donors (Lipinski definition) is 3. The number of carbonyl (C=O) groups excluding carboxylic acids is 1. The van der Waals surface area contributed by atoms with E-state index in [1.165, 1.54) is 12.5 Å². The first kappa shape index (κ1) is 30.5. The summed E-state index contributed by atoms with van der Waals surface area (Å²) in [7, 11) is 1.67. The van der Waals surface area contributed by atoms with Gasteiger partial charge in [-0.3, -0.25) is 4.79 Å². The van der Waals surface area contributed by atoms with E-state index < -0.39 is 30.2 Å². The summed E-state index contributed by atoms with van der Waals surface area (Å²) in [4.78, 5) is 11.9. The molecule has 4 aliphatic carbocycles. The normalized spacial score (nSPS) is 49.0. The van der Waals surface area contributed by atoms with E-state index in [0.717, 1.165) is 32.1 Å². The van der Waals surface area contributed by atoms with Gasteiger partial charge >= 0.3 is 5.97 Å². The quantitative estimate of drug-likeness (QED) is 0.320. The van der Waals surface area contributed by atoms with Crippen LogP contribution in [-0.2, 0) is 19.0 Å². The first-order chi connectivity index (χ1) is 18.4. The number of hydrogen-bond acceptors (Lipinski definition) is 7. The van der Waals surface area contributed by atoms with Crippen LogP contribution in [0.15, 0.2) is 11.6 Å². The summed E-state index contributed by atoms with van der Waals surface area (Å²) < 4.78 is 17.9. The Kier molecular flexibility index (Phi) is 7.44. The van der Waals surface area contributed by atoms with E-state index in [9.17, 15) is 20.1 Å². The Hall–Kier alpha value is -0.990. The second kappa shape index (κ2) is 9.77. The summed E-state index contributed by atoms with van der Waals surface area (Å²) in [6, 6.07) is 0. The zero-order valence-corrected chi connectivity index (χ0v) is 26.2. The summed E-state index contributed by atoms with van der Waals surface area (Å²) in [5, 5.41) is 33.4. The van der Waals surface area contributed by atoms with Crippen LogP contribution in [0.25, 0.3) is 0 Å². The maximum atomic E-state index is 12.1. The van der Waals surface area contributed by atoms with Crippen LogP contribution in [0.2, 0.25) is 0 Å². The highest BCUT2D eigenvalue weighted by molar-refractivity contribution is 5.66. The molecule has 7 nitrogen and oxygen atoms in total. The van der Waals surface area contributed by atoms with Gasteiger partial charge in [-0.2, -0.15) is 0 Å². The third-order valence-electron chi connectivity index (χ3n) is 13.0. The predicted octanol–water partition coefficient (Wildman–Crippen LogP) is 5.00. The molecule has 0 amide bonds. The first-order valence-corrected chi connectivity index (χ1v) is 15.6. The number of carbonyl (C=O) groups is 1. The fourth-order valence-electron chi connectivity index (χ4n) is 11.0. The standard InChI is InChI=1S/C33H54O7/c1-18(34)39-26-13-15-32(7)23-12-14-31(6)20(19-16-21(40-28(19)38-9)27(36)30(4,5)37)10-11-22(31)33(23,8)25(35)17-24(32)29(26,2)3/h11,19-21,23-28,35-37H,10,12-17H2,1-9H3/t19?,20-,21+,23?,24-,25+,26+,27-,28+,31-,32+,33-/m0/s1. The molecule has 3 N–H and O–H groups in total. The van der Waals surface area contributed by atoms with Crippen molar-refractivity contribution in [2.24, 2.45) is 45.3 Å². The zero-order valence-electron chi connectivity index (χ0n) is 26.2. The van der Waals surface area contributed by atoms with Gasteiger partial charge in [0.15, 0.2) is 6.29 Å². The molecule has 3 saturated carbocycles. The Bertz CT molecular complexity index is 1030. The van der Waals surface area contributed by atoms with Crippen molar-refractivity contribution >= 4 is 5.97 Å². The topological polar surface area (TPSA) is 105 Å². The lowest BCUT2D eigenvalue weighted by molar-refractivity contribution is -0.221. The second-order valence-electron chi connectivity index (χ2n) is 15.8. The molecule has 0 aromatic rings. The molecule has 40 heavy (non-hydrogen) atoms. The lowest BCUT2D eigenvalue weighted by atomic mass is 9.37. The summed E-state index contributed by atoms with van der Waals surface area (Å²) in [6.45, 7) is 16.4. The molecular formula is C33H54O7. The van der Waals surface area contributed by atoms with Crippen LogP contribution in [0.4, 0.5) is 0 Å². The molecule has 7 heteroatoms. The minimum Gasteiger partial charge on any atom is -0.462 e. The molecule has 0 bridgehead atoms. The van der Waals surface area contributed by atoms with E-state index in [1.807, 2.05) is 0 Å². The van der Waals surface area contributed by atoms with Crippen molar-refractivity contribution in [1.82, 2.24) is 0 Å². The highest BCUT2D eigenvalue weighted by atomic mass is 16.7. The van der Waals surface area contributed by atoms with Crippen molar-refractivity contribution in [3.05, 3.63) is 11.6 Å². The largest absolute Gasteiger partial charge is 0.462 e. The van der Waals surface area contributed by atoms with Gasteiger partial charge in [-0.25, -0.2) is 0 Å². The number of esters is 1. The molecule has 5 aliphatic rings. The molecule has 0 aromatic heterocycles. The van der Waals surface area contributed by atoms with E-state index in [-0.39, 0.29) is 51.5 Å². The van der Waals surface area contributed by atoms with Crippen molar-refractivity contribution in [3.8, 4) is 0 Å². The van der Waals surface area contributed by atoms with E-state index in [1.54, 1.807) is 21.0 Å². The Morgan fingerprint density at radius 3 is 2.38 bits per heavy atom. The van der Waals surface area contributed by atoms with Gasteiger partial charge in [-0.05, 0) is 87.4 Å². The minimum atomic E-state index is -1.26. The lowest BCUT2D eigenvalue weighted by Gasteiger charge is -2.68. The molecule has 1 aliphatic heterocycles. The number of aliphatic hydroxyl groups excluding tert-OH is 2. The molecule has 12 atom stereocenters. The number of allylic oxidation sites excluding steroid dienone is 1. The smallest absolute Gasteiger partial charge is 0.302 e. The van der Waals surface area contributed by atoms with Crippen LogP contribution in [0.1, 0.15) is 100 Å². The SMILES string of the molecule is CO[C@@H]1O[C@@H]([C@H](O)C(C)(C)O)CC1[C@@H]1CC=C2[C@@]3(C)C(CC[C@]21C)[C@@]1(C)CC[C@@H](OC(C)=O)C(C)(C)[C@@H]1C[C@H]3O. The number of rotatable bonds is 5. The van der Waals surface area contributed by atoms with Crippen LogP contribution in [-0.4, -0.2) is 64.7 Å². The third-order valence-corrected chi connectivity index (χ3v) is 13.0. The molecule has 228 valence electrons. The van der Waals surface area contributed by atoms with Crippen LogP contribution in [0.5, 0.6) is 0 Å². The highest BCUT2D eigenvalue weighted by Gasteiger charge is 2.69. The lowest BCUT2D eigenvalue weighted by Crippen LogP contribution is -2.65. The predicted molar refractivity (Wildman–Crippen MR) is 152 cm³/mol. The molecule has 0 aromatic carbocycles. The molecule has 5 rings (SSSR count). The van der Waals surface area contributed by atoms with E-state index in [4.69, 9.17) is 14.2 Å². The van der Waals surface area contributed by atoms with Crippen LogP contribution < -0.4 is 0 Å². The molecule has 0 spiro atoms. The van der Waals surface area contributed by atoms with Gasteiger partial charge in [0.2, 0.25) is 0 Å². The third kappa shape index (κ3) is 4.27. The van der Waals surface area contributed by atoms with Crippen molar-refractivity contribution in [2.45, 2.75) is 137 Å². The molecule has 1 heterocycles. The zero-order chi connectivity index (χ0) is 29.6. The summed E-state index contributed by atoms with van der Waals surface area (Å²) >= 11 is 0. The fourth-order valence-corrected chi connectivity index (χ4v) is 11.0. The minimum absolute atomic E-state index is 0.0435. The van der Waals surface area contributed by atoms with Crippen LogP contribution in [0, 0.1) is 45.3 Å².